The molecule has 0 aliphatic carbocycles. The van der Waals surface area contributed by atoms with Crippen LogP contribution < -0.4 is 20.3 Å². The van der Waals surface area contributed by atoms with E-state index >= 15 is 0 Å². The molecular weight excluding hydrogens is 366 g/mol. The largest absolute Gasteiger partial charge is 0.497 e. The molecule has 0 bridgehead atoms. The van der Waals surface area contributed by atoms with Crippen LogP contribution >= 0.6 is 0 Å². The minimum Gasteiger partial charge on any atom is -0.497 e. The minimum absolute atomic E-state index is 0.0906. The van der Waals surface area contributed by atoms with Crippen molar-refractivity contribution in [3.05, 3.63) is 54.6 Å². The van der Waals surface area contributed by atoms with Crippen molar-refractivity contribution in [2.75, 3.05) is 56.6 Å². The van der Waals surface area contributed by atoms with E-state index in [9.17, 15) is 4.79 Å². The topological polar surface area (TPSA) is 69.2 Å². The number of ether oxygens (including phenoxy) is 1. The predicted molar refractivity (Wildman–Crippen MR) is 118 cm³/mol. The van der Waals surface area contributed by atoms with Gasteiger partial charge in [-0.15, -0.1) is 0 Å². The lowest BCUT2D eigenvalue weighted by molar-refractivity contribution is -0.114. The molecule has 1 heterocycles. The summed E-state index contributed by atoms with van der Waals surface area (Å²) in [6.45, 7) is 6.32. The predicted octanol–water partition coefficient (Wildman–Crippen LogP) is 2.42. The Kier molecular flexibility index (Phi) is 7.33. The molecule has 3 rings (SSSR count). The SMILES string of the molecule is CCNC(=NCC(=O)Nc1ccccc1)N1CCN(c2cccc(OC)c2)CC1. The van der Waals surface area contributed by atoms with E-state index in [-0.39, 0.29) is 12.5 Å². The highest BCUT2D eigenvalue weighted by atomic mass is 16.5. The van der Waals surface area contributed by atoms with Crippen LogP contribution in [0.2, 0.25) is 0 Å². The molecule has 0 atom stereocenters. The maximum atomic E-state index is 12.2. The molecule has 2 N–H and O–H groups in total. The Morgan fingerprint density at radius 1 is 1.07 bits per heavy atom. The summed E-state index contributed by atoms with van der Waals surface area (Å²) in [5.41, 5.74) is 1.94. The molecule has 29 heavy (non-hydrogen) atoms. The van der Waals surface area contributed by atoms with Crippen molar-refractivity contribution >= 4 is 23.2 Å². The molecule has 1 saturated heterocycles. The molecule has 1 amide bonds. The molecule has 0 radical (unpaired) electrons. The highest BCUT2D eigenvalue weighted by molar-refractivity contribution is 5.94. The minimum atomic E-state index is -0.124. The number of carbonyl (C=O) groups is 1. The molecule has 7 heteroatoms. The number of carbonyl (C=O) groups excluding carboxylic acids is 1. The number of hydrogen-bond acceptors (Lipinski definition) is 4. The van der Waals surface area contributed by atoms with Gasteiger partial charge in [0.1, 0.15) is 12.3 Å². The molecule has 2 aromatic carbocycles. The second kappa shape index (κ2) is 10.4. The van der Waals surface area contributed by atoms with Gasteiger partial charge in [-0.1, -0.05) is 24.3 Å². The van der Waals surface area contributed by atoms with Gasteiger partial charge in [-0.3, -0.25) is 4.79 Å². The van der Waals surface area contributed by atoms with E-state index < -0.39 is 0 Å². The molecule has 0 spiro atoms. The van der Waals surface area contributed by atoms with E-state index in [1.807, 2.05) is 49.4 Å². The maximum absolute atomic E-state index is 12.2. The van der Waals surface area contributed by atoms with Gasteiger partial charge in [0.2, 0.25) is 5.91 Å². The average molecular weight is 396 g/mol. The number of amides is 1. The quantitative estimate of drug-likeness (QED) is 0.581. The molecule has 1 fully saturated rings. The fourth-order valence-corrected chi connectivity index (χ4v) is 3.28. The first-order valence-electron chi connectivity index (χ1n) is 9.96. The normalized spacial score (nSPS) is 14.5. The Morgan fingerprint density at radius 2 is 1.83 bits per heavy atom. The summed E-state index contributed by atoms with van der Waals surface area (Å²) in [6, 6.07) is 17.6. The zero-order valence-corrected chi connectivity index (χ0v) is 17.1. The monoisotopic (exact) mass is 395 g/mol. The van der Waals surface area contributed by atoms with E-state index in [2.05, 4.69) is 37.6 Å². The van der Waals surface area contributed by atoms with Crippen LogP contribution in [-0.2, 0) is 4.79 Å². The number of hydrogen-bond donors (Lipinski definition) is 2. The second-order valence-corrected chi connectivity index (χ2v) is 6.76. The van der Waals surface area contributed by atoms with Crippen molar-refractivity contribution in [1.82, 2.24) is 10.2 Å². The van der Waals surface area contributed by atoms with Crippen LogP contribution in [0.15, 0.2) is 59.6 Å². The third-order valence-corrected chi connectivity index (χ3v) is 4.76. The summed E-state index contributed by atoms with van der Waals surface area (Å²) in [5.74, 6) is 1.52. The summed E-state index contributed by atoms with van der Waals surface area (Å²) in [7, 11) is 1.68. The first-order valence-corrected chi connectivity index (χ1v) is 9.96. The third kappa shape index (κ3) is 5.88. The molecule has 0 saturated carbocycles. The average Bonchev–Trinajstić information content (AvgIpc) is 2.77. The highest BCUT2D eigenvalue weighted by Gasteiger charge is 2.20. The molecule has 0 unspecified atom stereocenters. The van der Waals surface area contributed by atoms with Gasteiger partial charge < -0.3 is 25.2 Å². The van der Waals surface area contributed by atoms with Gasteiger partial charge >= 0.3 is 0 Å². The van der Waals surface area contributed by atoms with Crippen molar-refractivity contribution in [2.24, 2.45) is 4.99 Å². The maximum Gasteiger partial charge on any atom is 0.246 e. The Morgan fingerprint density at radius 3 is 2.52 bits per heavy atom. The molecule has 7 nitrogen and oxygen atoms in total. The van der Waals surface area contributed by atoms with Crippen LogP contribution in [0.1, 0.15) is 6.92 Å². The lowest BCUT2D eigenvalue weighted by Gasteiger charge is -2.37. The lowest BCUT2D eigenvalue weighted by atomic mass is 10.2. The van der Waals surface area contributed by atoms with Crippen molar-refractivity contribution in [1.29, 1.82) is 0 Å². The van der Waals surface area contributed by atoms with Crippen LogP contribution in [0.4, 0.5) is 11.4 Å². The van der Waals surface area contributed by atoms with Crippen LogP contribution in [0.3, 0.4) is 0 Å². The zero-order chi connectivity index (χ0) is 20.5. The fourth-order valence-electron chi connectivity index (χ4n) is 3.28. The molecule has 2 aromatic rings. The zero-order valence-electron chi connectivity index (χ0n) is 17.1. The number of nitrogens with one attached hydrogen (secondary N) is 2. The number of methoxy groups -OCH3 is 1. The second-order valence-electron chi connectivity index (χ2n) is 6.76. The summed E-state index contributed by atoms with van der Waals surface area (Å²) in [6.07, 6.45) is 0. The number of rotatable bonds is 6. The summed E-state index contributed by atoms with van der Waals surface area (Å²) >= 11 is 0. The van der Waals surface area contributed by atoms with Crippen molar-refractivity contribution in [2.45, 2.75) is 6.92 Å². The van der Waals surface area contributed by atoms with Gasteiger partial charge in [0.25, 0.3) is 0 Å². The van der Waals surface area contributed by atoms with E-state index in [0.29, 0.717) is 0 Å². The first-order chi connectivity index (χ1) is 14.2. The van der Waals surface area contributed by atoms with Crippen LogP contribution in [0.5, 0.6) is 5.75 Å². The van der Waals surface area contributed by atoms with Crippen molar-refractivity contribution < 1.29 is 9.53 Å². The van der Waals surface area contributed by atoms with Gasteiger partial charge in [0.05, 0.1) is 7.11 Å². The number of nitrogens with zero attached hydrogens (tertiary/aromatic N) is 3. The highest BCUT2D eigenvalue weighted by Crippen LogP contribution is 2.22. The Labute approximate surface area is 172 Å². The molecule has 154 valence electrons. The van der Waals surface area contributed by atoms with Gasteiger partial charge in [-0.05, 0) is 31.2 Å². The Balaban J connectivity index is 1.56. The van der Waals surface area contributed by atoms with Gasteiger partial charge in [-0.2, -0.15) is 0 Å². The summed E-state index contributed by atoms with van der Waals surface area (Å²) in [4.78, 5) is 21.3. The number of aliphatic imine (C=N–C) groups is 1. The standard InChI is InChI=1S/C22H29N5O2/c1-3-23-22(24-17-21(28)25-18-8-5-4-6-9-18)27-14-12-26(13-15-27)19-10-7-11-20(16-19)29-2/h4-11,16H,3,12-15,17H2,1-2H3,(H,23,24)(H,25,28). The number of para-hydroxylation sites is 1. The van der Waals surface area contributed by atoms with Crippen LogP contribution in [-0.4, -0.2) is 63.1 Å². The molecule has 1 aliphatic heterocycles. The fraction of sp³-hybridized carbons (Fsp3) is 0.364. The van der Waals surface area contributed by atoms with E-state index in [0.717, 1.165) is 55.8 Å². The van der Waals surface area contributed by atoms with Gasteiger partial charge in [0.15, 0.2) is 5.96 Å². The van der Waals surface area contributed by atoms with Crippen molar-refractivity contribution in [3.63, 3.8) is 0 Å². The van der Waals surface area contributed by atoms with Crippen molar-refractivity contribution in [3.8, 4) is 5.75 Å². The van der Waals surface area contributed by atoms with Crippen LogP contribution in [0, 0.1) is 0 Å². The molecular formula is C22H29N5O2. The number of benzene rings is 2. The molecule has 0 aromatic heterocycles. The Bertz CT molecular complexity index is 817. The van der Waals surface area contributed by atoms with Crippen LogP contribution in [0.25, 0.3) is 0 Å². The summed E-state index contributed by atoms with van der Waals surface area (Å²) in [5, 5.41) is 6.17. The number of piperazine rings is 1. The smallest absolute Gasteiger partial charge is 0.246 e. The first kappa shape index (κ1) is 20.5. The van der Waals surface area contributed by atoms with Gasteiger partial charge in [0, 0.05) is 50.2 Å². The van der Waals surface area contributed by atoms with E-state index in [1.165, 1.54) is 0 Å². The lowest BCUT2D eigenvalue weighted by Crippen LogP contribution is -2.52. The number of guanidine groups is 1. The third-order valence-electron chi connectivity index (χ3n) is 4.76. The number of anilines is 2. The van der Waals surface area contributed by atoms with E-state index in [1.54, 1.807) is 7.11 Å². The van der Waals surface area contributed by atoms with E-state index in [4.69, 9.17) is 4.74 Å². The summed E-state index contributed by atoms with van der Waals surface area (Å²) < 4.78 is 5.33. The molecule has 1 aliphatic rings. The Hall–Kier alpha value is -3.22. The van der Waals surface area contributed by atoms with Gasteiger partial charge in [-0.25, -0.2) is 4.99 Å².